The maximum atomic E-state index is 12.1. The zero-order valence-corrected chi connectivity index (χ0v) is 20.5. The van der Waals surface area contributed by atoms with Crippen LogP contribution in [0.4, 0.5) is 0 Å². The number of ketones is 1. The molecule has 168 valence electrons. The number of carbonyl (C=O) groups is 1. The van der Waals surface area contributed by atoms with Crippen molar-refractivity contribution in [3.8, 4) is 0 Å². The van der Waals surface area contributed by atoms with Gasteiger partial charge in [0, 0.05) is 6.42 Å². The Labute approximate surface area is 186 Å². The molecule has 8 atom stereocenters. The van der Waals surface area contributed by atoms with E-state index >= 15 is 0 Å². The zero-order valence-electron chi connectivity index (χ0n) is 20.5. The van der Waals surface area contributed by atoms with Crippen LogP contribution in [0.5, 0.6) is 0 Å². The van der Waals surface area contributed by atoms with Crippen LogP contribution < -0.4 is 0 Å². The summed E-state index contributed by atoms with van der Waals surface area (Å²) in [4.78, 5) is 12.1. The van der Waals surface area contributed by atoms with E-state index in [0.717, 1.165) is 48.3 Å². The van der Waals surface area contributed by atoms with Crippen molar-refractivity contribution in [3.63, 3.8) is 0 Å². The monoisotopic (exact) mass is 410 g/mol. The molecule has 4 rings (SSSR count). The number of fused-ring (bicyclic) bond motifs is 5. The summed E-state index contributed by atoms with van der Waals surface area (Å²) in [5.74, 6) is 6.01. The predicted octanol–water partition coefficient (Wildman–Crippen LogP) is 8.01. The number of allylic oxidation sites excluding steroid dienone is 3. The Hall–Kier alpha value is -0.850. The molecule has 3 saturated carbocycles. The Bertz CT molecular complexity index is 714. The smallest absolute Gasteiger partial charge is 0.155 e. The molecule has 0 aromatic carbocycles. The molecule has 0 aromatic rings. The van der Waals surface area contributed by atoms with Gasteiger partial charge in [-0.1, -0.05) is 59.3 Å². The van der Waals surface area contributed by atoms with Crippen LogP contribution in [0.25, 0.3) is 0 Å². The highest BCUT2D eigenvalue weighted by Gasteiger charge is 2.59. The molecule has 1 nitrogen and oxygen atoms in total. The topological polar surface area (TPSA) is 17.1 Å². The van der Waals surface area contributed by atoms with Crippen molar-refractivity contribution in [3.05, 3.63) is 23.8 Å². The third kappa shape index (κ3) is 3.57. The van der Waals surface area contributed by atoms with E-state index in [1.165, 1.54) is 50.5 Å². The number of hydrogen-bond acceptors (Lipinski definition) is 1. The van der Waals surface area contributed by atoms with Crippen LogP contribution in [0.15, 0.2) is 23.8 Å². The fourth-order valence-corrected chi connectivity index (χ4v) is 8.75. The lowest BCUT2D eigenvalue weighted by Gasteiger charge is -2.58. The summed E-state index contributed by atoms with van der Waals surface area (Å²) >= 11 is 0. The summed E-state index contributed by atoms with van der Waals surface area (Å²) in [6.45, 7) is 14.7. The first-order valence-corrected chi connectivity index (χ1v) is 13.1. The fourth-order valence-electron chi connectivity index (χ4n) is 8.75. The lowest BCUT2D eigenvalue weighted by molar-refractivity contribution is -0.117. The summed E-state index contributed by atoms with van der Waals surface area (Å²) in [7, 11) is 0. The van der Waals surface area contributed by atoms with E-state index in [1.54, 1.807) is 0 Å². The molecule has 4 aliphatic rings. The van der Waals surface area contributed by atoms with Crippen LogP contribution in [-0.2, 0) is 4.79 Å². The molecule has 4 aliphatic carbocycles. The lowest BCUT2D eigenvalue weighted by atomic mass is 9.46. The van der Waals surface area contributed by atoms with Gasteiger partial charge in [0.15, 0.2) is 5.78 Å². The van der Waals surface area contributed by atoms with Gasteiger partial charge in [-0.3, -0.25) is 4.79 Å². The molecular formula is C29H46O. The van der Waals surface area contributed by atoms with Gasteiger partial charge in [-0.2, -0.15) is 0 Å². The summed E-state index contributed by atoms with van der Waals surface area (Å²) < 4.78 is 0. The number of hydrogen-bond donors (Lipinski definition) is 0. The molecule has 0 amide bonds. The van der Waals surface area contributed by atoms with E-state index in [9.17, 15) is 4.79 Å². The second-order valence-electron chi connectivity index (χ2n) is 12.3. The first-order valence-electron chi connectivity index (χ1n) is 13.1. The first kappa shape index (κ1) is 22.3. The van der Waals surface area contributed by atoms with Crippen molar-refractivity contribution in [2.45, 2.75) is 99.3 Å². The average Bonchev–Trinajstić information content (AvgIpc) is 3.06. The predicted molar refractivity (Wildman–Crippen MR) is 127 cm³/mol. The van der Waals surface area contributed by atoms with Crippen LogP contribution >= 0.6 is 0 Å². The quantitative estimate of drug-likeness (QED) is 0.419. The van der Waals surface area contributed by atoms with Gasteiger partial charge >= 0.3 is 0 Å². The van der Waals surface area contributed by atoms with Gasteiger partial charge in [-0.15, -0.1) is 0 Å². The Balaban J connectivity index is 1.52. The van der Waals surface area contributed by atoms with E-state index in [-0.39, 0.29) is 0 Å². The van der Waals surface area contributed by atoms with Gasteiger partial charge in [0.05, 0.1) is 0 Å². The summed E-state index contributed by atoms with van der Waals surface area (Å²) in [6, 6.07) is 0. The van der Waals surface area contributed by atoms with Gasteiger partial charge in [0.2, 0.25) is 0 Å². The van der Waals surface area contributed by atoms with E-state index in [1.807, 2.05) is 0 Å². The maximum Gasteiger partial charge on any atom is 0.155 e. The van der Waals surface area contributed by atoms with Gasteiger partial charge < -0.3 is 0 Å². The highest BCUT2D eigenvalue weighted by molar-refractivity contribution is 5.91. The fraction of sp³-hybridized carbons (Fsp3) is 0.828. The van der Waals surface area contributed by atoms with Crippen LogP contribution in [0.2, 0.25) is 0 Å². The van der Waals surface area contributed by atoms with Crippen molar-refractivity contribution >= 4 is 5.78 Å². The number of rotatable bonds is 5. The largest absolute Gasteiger partial charge is 0.295 e. The van der Waals surface area contributed by atoms with E-state index in [2.05, 4.69) is 59.8 Å². The molecule has 1 heteroatoms. The third-order valence-corrected chi connectivity index (χ3v) is 10.7. The number of carbonyl (C=O) groups excluding carboxylic acids is 1. The second-order valence-corrected chi connectivity index (χ2v) is 12.3. The molecule has 0 radical (unpaired) electrons. The van der Waals surface area contributed by atoms with E-state index < -0.39 is 0 Å². The maximum absolute atomic E-state index is 12.1. The third-order valence-electron chi connectivity index (χ3n) is 10.7. The summed E-state index contributed by atoms with van der Waals surface area (Å²) in [5.41, 5.74) is 2.34. The lowest BCUT2D eigenvalue weighted by Crippen LogP contribution is -2.50. The normalized spacial score (nSPS) is 43.2. The Morgan fingerprint density at radius 3 is 2.47 bits per heavy atom. The first-order chi connectivity index (χ1) is 14.2. The SMILES string of the molecule is CC[C@H](/C=C/[C@@H](C)[C@@H]1CC[C@H]2[C@H]3CCC4=CC(=O)CC[C@]4(C)[C@@H]3CC[C@@]21C)C(C)C. The molecule has 0 aromatic heterocycles. The van der Waals surface area contributed by atoms with Crippen LogP contribution in [0.1, 0.15) is 99.3 Å². The van der Waals surface area contributed by atoms with Crippen LogP contribution in [0.3, 0.4) is 0 Å². The molecule has 0 unspecified atom stereocenters. The van der Waals surface area contributed by atoms with Crippen molar-refractivity contribution < 1.29 is 4.79 Å². The molecular weight excluding hydrogens is 364 g/mol. The van der Waals surface area contributed by atoms with Crippen molar-refractivity contribution in [1.82, 2.24) is 0 Å². The molecule has 0 saturated heterocycles. The van der Waals surface area contributed by atoms with E-state index in [4.69, 9.17) is 0 Å². The van der Waals surface area contributed by atoms with Crippen molar-refractivity contribution in [1.29, 1.82) is 0 Å². The molecule has 0 aliphatic heterocycles. The van der Waals surface area contributed by atoms with Crippen molar-refractivity contribution in [2.24, 2.45) is 52.3 Å². The summed E-state index contributed by atoms with van der Waals surface area (Å²) in [5, 5.41) is 0. The highest BCUT2D eigenvalue weighted by Crippen LogP contribution is 2.67. The Morgan fingerprint density at radius 2 is 1.77 bits per heavy atom. The van der Waals surface area contributed by atoms with Gasteiger partial charge in [0.1, 0.15) is 0 Å². The van der Waals surface area contributed by atoms with Crippen LogP contribution in [0, 0.1) is 52.3 Å². The minimum atomic E-state index is 0.313. The molecule has 30 heavy (non-hydrogen) atoms. The van der Waals surface area contributed by atoms with Crippen LogP contribution in [-0.4, -0.2) is 5.78 Å². The van der Waals surface area contributed by atoms with Crippen molar-refractivity contribution in [2.75, 3.05) is 0 Å². The van der Waals surface area contributed by atoms with Gasteiger partial charge in [0.25, 0.3) is 0 Å². The van der Waals surface area contributed by atoms with Gasteiger partial charge in [-0.05, 0) is 110 Å². The minimum absolute atomic E-state index is 0.313. The average molecular weight is 411 g/mol. The standard InChI is InChI=1S/C29H46O/c1-7-21(19(2)3)9-8-20(4)25-12-13-26-24-11-10-22-18-23(30)14-16-28(22,5)27(24)15-17-29(25,26)6/h8-9,18-21,24-27H,7,10-17H2,1-6H3/b9-8+/t20-,21-,24-,25+,26+,27-,28+,29-/m1/s1. The molecule has 0 bridgehead atoms. The highest BCUT2D eigenvalue weighted by atomic mass is 16.1. The summed E-state index contributed by atoms with van der Waals surface area (Å²) in [6.07, 6.45) is 18.5. The molecule has 0 heterocycles. The minimum Gasteiger partial charge on any atom is -0.295 e. The van der Waals surface area contributed by atoms with Gasteiger partial charge in [-0.25, -0.2) is 0 Å². The molecule has 0 N–H and O–H groups in total. The second kappa shape index (κ2) is 8.25. The Morgan fingerprint density at radius 1 is 1.00 bits per heavy atom. The molecule has 0 spiro atoms. The zero-order chi connectivity index (χ0) is 21.7. The molecule has 3 fully saturated rings. The Kier molecular flexibility index (Phi) is 6.15. The van der Waals surface area contributed by atoms with E-state index in [0.29, 0.717) is 22.5 Å².